The number of rotatable bonds is 8. The standard InChI is InChI=1S/C36H32N4O4S2/c1-3-38(4-2)24-19-17-23(18-20-24)29-30-31(34(43)40(33(30)42)25-13-6-5-7-14-25)45-35-32(29)46-36(44)39(35)21-28(41)37-27-16-10-12-22-11-8-9-15-26(22)27/h5-20,29-31H,3-4,21H2,1-2H3,(H,37,41). The predicted octanol–water partition coefficient (Wildman–Crippen LogP) is 6.34. The average molecular weight is 649 g/mol. The maximum absolute atomic E-state index is 14.1. The lowest BCUT2D eigenvalue weighted by Crippen LogP contribution is -2.33. The van der Waals surface area contributed by atoms with Crippen LogP contribution in [0, 0.1) is 5.92 Å². The van der Waals surface area contributed by atoms with Gasteiger partial charge in [0.2, 0.25) is 17.7 Å². The smallest absolute Gasteiger partial charge is 0.308 e. The highest BCUT2D eigenvalue weighted by Crippen LogP contribution is 2.54. The highest BCUT2D eigenvalue weighted by molar-refractivity contribution is 8.00. The van der Waals surface area contributed by atoms with Crippen molar-refractivity contribution in [1.82, 2.24) is 4.57 Å². The van der Waals surface area contributed by atoms with Crippen LogP contribution in [0.2, 0.25) is 0 Å². The summed E-state index contributed by atoms with van der Waals surface area (Å²) in [7, 11) is 0. The third-order valence-corrected chi connectivity index (χ3v) is 11.4. The second kappa shape index (κ2) is 12.3. The molecule has 3 atom stereocenters. The van der Waals surface area contributed by atoms with Crippen LogP contribution < -0.4 is 20.0 Å². The largest absolute Gasteiger partial charge is 0.372 e. The van der Waals surface area contributed by atoms with Gasteiger partial charge in [-0.2, -0.15) is 0 Å². The van der Waals surface area contributed by atoms with Crippen LogP contribution >= 0.6 is 23.1 Å². The Hall–Kier alpha value is -4.67. The van der Waals surface area contributed by atoms with E-state index in [1.165, 1.54) is 21.2 Å². The zero-order valence-corrected chi connectivity index (χ0v) is 27.0. The number of amides is 3. The van der Waals surface area contributed by atoms with E-state index in [-0.39, 0.29) is 29.1 Å². The van der Waals surface area contributed by atoms with Crippen molar-refractivity contribution in [3.8, 4) is 0 Å². The van der Waals surface area contributed by atoms with Gasteiger partial charge in [0, 0.05) is 40.6 Å². The van der Waals surface area contributed by atoms with Gasteiger partial charge < -0.3 is 10.2 Å². The molecule has 8 nitrogen and oxygen atoms in total. The molecule has 1 fully saturated rings. The number of carbonyl (C=O) groups excluding carboxylic acids is 3. The van der Waals surface area contributed by atoms with E-state index in [1.807, 2.05) is 72.8 Å². The van der Waals surface area contributed by atoms with E-state index in [1.54, 1.807) is 24.3 Å². The molecular formula is C36H32N4O4S2. The van der Waals surface area contributed by atoms with Gasteiger partial charge in [-0.05, 0) is 55.1 Å². The average Bonchev–Trinajstić information content (AvgIpc) is 3.52. The summed E-state index contributed by atoms with van der Waals surface area (Å²) in [6.45, 7) is 5.70. The first-order valence-electron chi connectivity index (χ1n) is 15.3. The van der Waals surface area contributed by atoms with Crippen LogP contribution in [0.5, 0.6) is 0 Å². The molecule has 1 N–H and O–H groups in total. The molecule has 0 saturated carbocycles. The molecule has 1 aromatic heterocycles. The molecule has 3 heterocycles. The van der Waals surface area contributed by atoms with Crippen molar-refractivity contribution in [2.24, 2.45) is 5.92 Å². The van der Waals surface area contributed by atoms with E-state index in [4.69, 9.17) is 0 Å². The number of nitrogens with one attached hydrogen (secondary N) is 1. The van der Waals surface area contributed by atoms with Crippen LogP contribution in [0.3, 0.4) is 0 Å². The molecule has 2 aliphatic heterocycles. The number of thiazole rings is 1. The zero-order chi connectivity index (χ0) is 31.9. The van der Waals surface area contributed by atoms with Crippen LogP contribution in [0.1, 0.15) is 30.2 Å². The number of nitrogens with zero attached hydrogens (tertiary/aromatic N) is 3. The number of benzene rings is 4. The molecule has 10 heteroatoms. The minimum absolute atomic E-state index is 0.212. The molecule has 7 rings (SSSR count). The molecule has 0 spiro atoms. The molecular weight excluding hydrogens is 617 g/mol. The summed E-state index contributed by atoms with van der Waals surface area (Å²) >= 11 is 2.28. The molecule has 0 radical (unpaired) electrons. The lowest BCUT2D eigenvalue weighted by Gasteiger charge is -2.31. The fraction of sp³-hybridized carbons (Fsp3) is 0.222. The highest BCUT2D eigenvalue weighted by atomic mass is 32.2. The van der Waals surface area contributed by atoms with Crippen LogP contribution in [0.15, 0.2) is 107 Å². The number of thioether (sulfide) groups is 1. The molecule has 46 heavy (non-hydrogen) atoms. The number of hydrogen-bond donors (Lipinski definition) is 1. The van der Waals surface area contributed by atoms with Crippen LogP contribution in [0.25, 0.3) is 10.8 Å². The first kappa shape index (κ1) is 30.0. The van der Waals surface area contributed by atoms with Gasteiger partial charge in [0.05, 0.1) is 16.6 Å². The Morgan fingerprint density at radius 3 is 2.26 bits per heavy atom. The molecule has 5 aromatic rings. The number of aromatic nitrogens is 1. The summed E-state index contributed by atoms with van der Waals surface area (Å²) in [5, 5.41) is 4.70. The van der Waals surface area contributed by atoms with Gasteiger partial charge >= 0.3 is 4.87 Å². The number of fused-ring (bicyclic) bond motifs is 3. The van der Waals surface area contributed by atoms with Gasteiger partial charge in [0.25, 0.3) is 0 Å². The molecule has 3 unspecified atom stereocenters. The maximum atomic E-state index is 14.1. The van der Waals surface area contributed by atoms with E-state index in [9.17, 15) is 19.2 Å². The van der Waals surface area contributed by atoms with Crippen molar-refractivity contribution in [2.75, 3.05) is 28.2 Å². The monoisotopic (exact) mass is 648 g/mol. The molecule has 2 aliphatic rings. The third-order valence-electron chi connectivity index (χ3n) is 8.81. The Labute approximate surface area is 274 Å². The van der Waals surface area contributed by atoms with Crippen molar-refractivity contribution < 1.29 is 14.4 Å². The molecule has 4 aromatic carbocycles. The minimum Gasteiger partial charge on any atom is -0.372 e. The molecule has 3 amide bonds. The van der Waals surface area contributed by atoms with E-state index in [0.29, 0.717) is 21.3 Å². The van der Waals surface area contributed by atoms with Crippen molar-refractivity contribution in [1.29, 1.82) is 0 Å². The van der Waals surface area contributed by atoms with Crippen molar-refractivity contribution in [2.45, 2.75) is 36.6 Å². The summed E-state index contributed by atoms with van der Waals surface area (Å²) in [6, 6.07) is 30.5. The summed E-state index contributed by atoms with van der Waals surface area (Å²) in [5.74, 6) is -2.15. The van der Waals surface area contributed by atoms with Gasteiger partial charge in [-0.15, -0.1) is 0 Å². The lowest BCUT2D eigenvalue weighted by atomic mass is 9.83. The maximum Gasteiger partial charge on any atom is 0.308 e. The second-order valence-electron chi connectivity index (χ2n) is 11.4. The first-order valence-corrected chi connectivity index (χ1v) is 17.0. The Morgan fingerprint density at radius 1 is 0.826 bits per heavy atom. The highest BCUT2D eigenvalue weighted by Gasteiger charge is 2.56. The molecule has 0 aliphatic carbocycles. The quantitative estimate of drug-likeness (QED) is 0.198. The van der Waals surface area contributed by atoms with Crippen molar-refractivity contribution in [3.63, 3.8) is 0 Å². The van der Waals surface area contributed by atoms with Crippen molar-refractivity contribution >= 4 is 68.7 Å². The van der Waals surface area contributed by atoms with Crippen LogP contribution in [-0.4, -0.2) is 40.6 Å². The number of para-hydroxylation sites is 1. The molecule has 232 valence electrons. The Bertz CT molecular complexity index is 2010. The minimum atomic E-state index is -0.742. The fourth-order valence-corrected chi connectivity index (χ4v) is 9.37. The number of imide groups is 1. The summed E-state index contributed by atoms with van der Waals surface area (Å²) in [6.07, 6.45) is 0. The topological polar surface area (TPSA) is 91.7 Å². The summed E-state index contributed by atoms with van der Waals surface area (Å²) < 4.78 is 1.46. The van der Waals surface area contributed by atoms with Gasteiger partial charge in [-0.1, -0.05) is 89.8 Å². The van der Waals surface area contributed by atoms with Crippen LogP contribution in [-0.2, 0) is 20.9 Å². The predicted molar refractivity (Wildman–Crippen MR) is 185 cm³/mol. The molecule has 1 saturated heterocycles. The number of carbonyl (C=O) groups is 3. The molecule has 0 bridgehead atoms. The van der Waals surface area contributed by atoms with E-state index in [2.05, 4.69) is 24.1 Å². The SMILES string of the molecule is CCN(CC)c1ccc(C2c3sc(=O)n(CC(=O)Nc4cccc5ccccc45)c3SC3C(=O)N(c4ccccc4)C(=O)C32)cc1. The van der Waals surface area contributed by atoms with E-state index < -0.39 is 17.1 Å². The number of anilines is 3. The van der Waals surface area contributed by atoms with Gasteiger partial charge in [-0.25, -0.2) is 4.90 Å². The Kier molecular flexibility index (Phi) is 8.00. The van der Waals surface area contributed by atoms with E-state index >= 15 is 0 Å². The van der Waals surface area contributed by atoms with E-state index in [0.717, 1.165) is 46.4 Å². The van der Waals surface area contributed by atoms with Crippen molar-refractivity contribution in [3.05, 3.63) is 117 Å². The first-order chi connectivity index (χ1) is 22.4. The normalized spacial score (nSPS) is 18.8. The van der Waals surface area contributed by atoms with Gasteiger partial charge in [0.1, 0.15) is 11.8 Å². The van der Waals surface area contributed by atoms with Gasteiger partial charge in [-0.3, -0.25) is 23.7 Å². The lowest BCUT2D eigenvalue weighted by molar-refractivity contribution is -0.122. The fourth-order valence-electron chi connectivity index (χ4n) is 6.59. The third kappa shape index (κ3) is 5.11. The second-order valence-corrected chi connectivity index (χ2v) is 13.5. The Balaban J connectivity index is 1.28. The van der Waals surface area contributed by atoms with Crippen LogP contribution in [0.4, 0.5) is 17.1 Å². The zero-order valence-electron chi connectivity index (χ0n) is 25.4. The summed E-state index contributed by atoms with van der Waals surface area (Å²) in [5.41, 5.74) is 3.11. The Morgan fingerprint density at radius 2 is 1.52 bits per heavy atom. The number of hydrogen-bond acceptors (Lipinski definition) is 7. The van der Waals surface area contributed by atoms with Gasteiger partial charge in [0.15, 0.2) is 0 Å². The summed E-state index contributed by atoms with van der Waals surface area (Å²) in [4.78, 5) is 59.1.